The van der Waals surface area contributed by atoms with Crippen LogP contribution in [0.4, 0.5) is 0 Å². The second-order valence-corrected chi connectivity index (χ2v) is 6.17. The SMILES string of the molecule is O=C(c1ccc2ccccc2c1)N1CC(Oc2nccs2)C1. The van der Waals surface area contributed by atoms with E-state index < -0.39 is 0 Å². The van der Waals surface area contributed by atoms with Crippen LogP contribution < -0.4 is 4.74 Å². The molecule has 1 fully saturated rings. The predicted octanol–water partition coefficient (Wildman–Crippen LogP) is 3.20. The van der Waals surface area contributed by atoms with Gasteiger partial charge in [-0.15, -0.1) is 0 Å². The summed E-state index contributed by atoms with van der Waals surface area (Å²) >= 11 is 1.47. The lowest BCUT2D eigenvalue weighted by Crippen LogP contribution is -2.56. The Bertz CT molecular complexity index is 810. The van der Waals surface area contributed by atoms with Gasteiger partial charge in [0.1, 0.15) is 6.10 Å². The van der Waals surface area contributed by atoms with Crippen molar-refractivity contribution in [2.75, 3.05) is 13.1 Å². The van der Waals surface area contributed by atoms with Gasteiger partial charge in [0.25, 0.3) is 11.1 Å². The molecule has 2 aromatic carbocycles. The number of carbonyl (C=O) groups excluding carboxylic acids is 1. The van der Waals surface area contributed by atoms with E-state index in [-0.39, 0.29) is 12.0 Å². The van der Waals surface area contributed by atoms with Crippen LogP contribution in [-0.2, 0) is 0 Å². The Morgan fingerprint density at radius 3 is 2.77 bits per heavy atom. The van der Waals surface area contributed by atoms with E-state index in [0.29, 0.717) is 18.3 Å². The van der Waals surface area contributed by atoms with Crippen molar-refractivity contribution in [1.29, 1.82) is 0 Å². The molecule has 110 valence electrons. The molecule has 5 heteroatoms. The molecule has 1 aliphatic heterocycles. The standard InChI is InChI=1S/C17H14N2O2S/c20-16(14-6-5-12-3-1-2-4-13(12)9-14)19-10-15(11-19)21-17-18-7-8-22-17/h1-9,15H,10-11H2. The zero-order chi connectivity index (χ0) is 14.9. The van der Waals surface area contributed by atoms with Crippen molar-refractivity contribution < 1.29 is 9.53 Å². The largest absolute Gasteiger partial charge is 0.463 e. The molecule has 0 N–H and O–H groups in total. The van der Waals surface area contributed by atoms with Gasteiger partial charge in [0, 0.05) is 17.1 Å². The van der Waals surface area contributed by atoms with Gasteiger partial charge in [-0.3, -0.25) is 4.79 Å². The summed E-state index contributed by atoms with van der Waals surface area (Å²) in [5.41, 5.74) is 0.728. The molecule has 1 saturated heterocycles. The summed E-state index contributed by atoms with van der Waals surface area (Å²) in [6.07, 6.45) is 1.77. The van der Waals surface area contributed by atoms with E-state index >= 15 is 0 Å². The van der Waals surface area contributed by atoms with Crippen molar-refractivity contribution in [3.63, 3.8) is 0 Å². The van der Waals surface area contributed by atoms with E-state index in [0.717, 1.165) is 16.3 Å². The molecule has 1 aliphatic rings. The number of fused-ring (bicyclic) bond motifs is 1. The maximum atomic E-state index is 12.5. The second-order valence-electron chi connectivity index (χ2n) is 5.31. The summed E-state index contributed by atoms with van der Waals surface area (Å²) in [5, 5.41) is 4.78. The predicted molar refractivity (Wildman–Crippen MR) is 86.4 cm³/mol. The molecule has 1 amide bonds. The summed E-state index contributed by atoms with van der Waals surface area (Å²) < 4.78 is 5.69. The molecule has 0 aliphatic carbocycles. The normalized spacial score (nSPS) is 14.8. The average molecular weight is 310 g/mol. The molecule has 3 aromatic rings. The van der Waals surface area contributed by atoms with Gasteiger partial charge < -0.3 is 9.64 Å². The third-order valence-electron chi connectivity index (χ3n) is 3.81. The molecule has 4 rings (SSSR count). The van der Waals surface area contributed by atoms with Crippen molar-refractivity contribution in [2.45, 2.75) is 6.10 Å². The van der Waals surface area contributed by atoms with E-state index in [2.05, 4.69) is 4.98 Å². The van der Waals surface area contributed by atoms with Crippen LogP contribution in [0.25, 0.3) is 10.8 Å². The lowest BCUT2D eigenvalue weighted by Gasteiger charge is -2.38. The average Bonchev–Trinajstić information content (AvgIpc) is 3.02. The maximum Gasteiger partial charge on any atom is 0.273 e. The highest BCUT2D eigenvalue weighted by atomic mass is 32.1. The minimum absolute atomic E-state index is 0.0514. The minimum atomic E-state index is 0.0514. The molecule has 0 radical (unpaired) electrons. The quantitative estimate of drug-likeness (QED) is 0.746. The van der Waals surface area contributed by atoms with Gasteiger partial charge in [0.15, 0.2) is 0 Å². The number of benzene rings is 2. The Hall–Kier alpha value is -2.40. The summed E-state index contributed by atoms with van der Waals surface area (Å²) in [6.45, 7) is 1.23. The second kappa shape index (κ2) is 5.42. The van der Waals surface area contributed by atoms with Gasteiger partial charge >= 0.3 is 0 Å². The molecular formula is C17H14N2O2S. The summed E-state index contributed by atoms with van der Waals surface area (Å²) in [7, 11) is 0. The van der Waals surface area contributed by atoms with Crippen molar-refractivity contribution >= 4 is 28.0 Å². The highest BCUT2D eigenvalue weighted by molar-refractivity contribution is 7.11. The summed E-state index contributed by atoms with van der Waals surface area (Å²) in [4.78, 5) is 18.4. The summed E-state index contributed by atoms with van der Waals surface area (Å²) in [6, 6.07) is 13.9. The van der Waals surface area contributed by atoms with Gasteiger partial charge in [0.05, 0.1) is 13.1 Å². The van der Waals surface area contributed by atoms with Crippen LogP contribution in [0, 0.1) is 0 Å². The molecule has 0 bridgehead atoms. The maximum absolute atomic E-state index is 12.5. The van der Waals surface area contributed by atoms with Gasteiger partial charge in [-0.1, -0.05) is 41.7 Å². The first kappa shape index (κ1) is 13.3. The Morgan fingerprint density at radius 2 is 2.00 bits per heavy atom. The first-order valence-electron chi connectivity index (χ1n) is 7.14. The van der Waals surface area contributed by atoms with Gasteiger partial charge in [-0.05, 0) is 22.9 Å². The van der Waals surface area contributed by atoms with Crippen LogP contribution in [-0.4, -0.2) is 35.0 Å². The zero-order valence-electron chi connectivity index (χ0n) is 11.8. The number of carbonyl (C=O) groups is 1. The number of likely N-dealkylation sites (tertiary alicyclic amines) is 1. The highest BCUT2D eigenvalue weighted by Gasteiger charge is 2.33. The molecule has 0 unspecified atom stereocenters. The number of rotatable bonds is 3. The molecule has 0 spiro atoms. The van der Waals surface area contributed by atoms with E-state index in [1.807, 2.05) is 52.7 Å². The fraction of sp³-hybridized carbons (Fsp3) is 0.176. The lowest BCUT2D eigenvalue weighted by molar-refractivity contribution is 0.0177. The smallest absolute Gasteiger partial charge is 0.273 e. The lowest BCUT2D eigenvalue weighted by atomic mass is 10.0. The fourth-order valence-corrected chi connectivity index (χ4v) is 3.15. The number of thiazole rings is 1. The molecular weight excluding hydrogens is 296 g/mol. The van der Waals surface area contributed by atoms with Crippen LogP contribution in [0.3, 0.4) is 0 Å². The van der Waals surface area contributed by atoms with E-state index in [1.54, 1.807) is 6.20 Å². The van der Waals surface area contributed by atoms with E-state index in [1.165, 1.54) is 11.3 Å². The molecule has 1 aromatic heterocycles. The highest BCUT2D eigenvalue weighted by Crippen LogP contribution is 2.23. The first-order chi connectivity index (χ1) is 10.8. The number of nitrogens with zero attached hydrogens (tertiary/aromatic N) is 2. The number of hydrogen-bond acceptors (Lipinski definition) is 4. The Balaban J connectivity index is 1.44. The molecule has 22 heavy (non-hydrogen) atoms. The van der Waals surface area contributed by atoms with Crippen molar-refractivity contribution in [3.8, 4) is 5.19 Å². The Labute approximate surface area is 132 Å². The van der Waals surface area contributed by atoms with Gasteiger partial charge in [-0.2, -0.15) is 0 Å². The van der Waals surface area contributed by atoms with Gasteiger partial charge in [-0.25, -0.2) is 4.98 Å². The Kier molecular flexibility index (Phi) is 3.27. The fourth-order valence-electron chi connectivity index (χ4n) is 2.59. The Morgan fingerprint density at radius 1 is 1.18 bits per heavy atom. The van der Waals surface area contributed by atoms with Crippen LogP contribution in [0.1, 0.15) is 10.4 Å². The topological polar surface area (TPSA) is 42.4 Å². The van der Waals surface area contributed by atoms with Crippen molar-refractivity contribution in [2.24, 2.45) is 0 Å². The number of aromatic nitrogens is 1. The van der Waals surface area contributed by atoms with Crippen LogP contribution in [0.5, 0.6) is 5.19 Å². The molecule has 0 saturated carbocycles. The van der Waals surface area contributed by atoms with Crippen LogP contribution in [0.2, 0.25) is 0 Å². The monoisotopic (exact) mass is 310 g/mol. The van der Waals surface area contributed by atoms with E-state index in [4.69, 9.17) is 4.74 Å². The molecule has 2 heterocycles. The number of amides is 1. The van der Waals surface area contributed by atoms with Crippen molar-refractivity contribution in [3.05, 3.63) is 59.6 Å². The molecule has 0 atom stereocenters. The first-order valence-corrected chi connectivity index (χ1v) is 8.02. The van der Waals surface area contributed by atoms with Crippen LogP contribution >= 0.6 is 11.3 Å². The van der Waals surface area contributed by atoms with Crippen LogP contribution in [0.15, 0.2) is 54.0 Å². The third-order valence-corrected chi connectivity index (χ3v) is 4.47. The number of hydrogen-bond donors (Lipinski definition) is 0. The minimum Gasteiger partial charge on any atom is -0.463 e. The van der Waals surface area contributed by atoms with Crippen molar-refractivity contribution in [1.82, 2.24) is 9.88 Å². The summed E-state index contributed by atoms with van der Waals surface area (Å²) in [5.74, 6) is 0.0599. The molecule has 4 nitrogen and oxygen atoms in total. The zero-order valence-corrected chi connectivity index (χ0v) is 12.6. The third kappa shape index (κ3) is 2.44. The van der Waals surface area contributed by atoms with Gasteiger partial charge in [0.2, 0.25) is 0 Å². The van der Waals surface area contributed by atoms with E-state index in [9.17, 15) is 4.79 Å². The number of ether oxygens (including phenoxy) is 1.